The summed E-state index contributed by atoms with van der Waals surface area (Å²) in [6.45, 7) is 9.16. The van der Waals surface area contributed by atoms with E-state index in [4.69, 9.17) is 4.74 Å². The van der Waals surface area contributed by atoms with Gasteiger partial charge < -0.3 is 10.1 Å². The fraction of sp³-hybridized carbons (Fsp3) is 0.517. The molecule has 0 bridgehead atoms. The quantitative estimate of drug-likeness (QED) is 0.252. The number of unbranched alkanes of at least 4 members (excludes halogenated alkanes) is 2. The first kappa shape index (κ1) is 27.0. The molecule has 0 radical (unpaired) electrons. The number of benzene rings is 1. The van der Waals surface area contributed by atoms with Gasteiger partial charge in [0, 0.05) is 17.8 Å². The van der Waals surface area contributed by atoms with Gasteiger partial charge in [-0.3, -0.25) is 19.3 Å². The number of esters is 1. The molecule has 4 rings (SSSR count). The van der Waals surface area contributed by atoms with Crippen LogP contribution in [0.15, 0.2) is 24.3 Å². The van der Waals surface area contributed by atoms with Crippen LogP contribution in [0.3, 0.4) is 0 Å². The van der Waals surface area contributed by atoms with Gasteiger partial charge in [0.15, 0.2) is 0 Å². The Morgan fingerprint density at radius 2 is 1.76 bits per heavy atom. The van der Waals surface area contributed by atoms with Gasteiger partial charge in [0.05, 0.1) is 23.3 Å². The highest BCUT2D eigenvalue weighted by Crippen LogP contribution is 2.44. The minimum atomic E-state index is -0.370. The van der Waals surface area contributed by atoms with Crippen LogP contribution in [-0.2, 0) is 22.4 Å². The minimum Gasteiger partial charge on any atom is -0.462 e. The Morgan fingerprint density at radius 1 is 1.08 bits per heavy atom. The molecule has 1 aromatic heterocycles. The maximum atomic E-state index is 12.8. The van der Waals surface area contributed by atoms with Gasteiger partial charge in [0.2, 0.25) is 5.91 Å². The molecule has 2 heterocycles. The predicted octanol–water partition coefficient (Wildman–Crippen LogP) is 5.87. The number of hydrogen-bond acceptors (Lipinski definition) is 6. The van der Waals surface area contributed by atoms with Gasteiger partial charge in [-0.1, -0.05) is 39.3 Å². The molecule has 2 aliphatic rings. The lowest BCUT2D eigenvalue weighted by Gasteiger charge is -2.33. The first-order chi connectivity index (χ1) is 17.6. The van der Waals surface area contributed by atoms with Crippen LogP contribution in [0, 0.1) is 11.3 Å². The topological polar surface area (TPSA) is 92.8 Å². The van der Waals surface area contributed by atoms with Crippen LogP contribution in [0.5, 0.6) is 0 Å². The second-order valence-electron chi connectivity index (χ2n) is 10.9. The summed E-state index contributed by atoms with van der Waals surface area (Å²) in [6.07, 6.45) is 5.01. The molecule has 0 saturated heterocycles. The molecule has 1 atom stereocenters. The number of thiophene rings is 1. The van der Waals surface area contributed by atoms with E-state index in [2.05, 4.69) is 26.1 Å². The largest absolute Gasteiger partial charge is 0.462 e. The molecule has 0 saturated carbocycles. The molecule has 7 nitrogen and oxygen atoms in total. The van der Waals surface area contributed by atoms with Crippen molar-refractivity contribution < 1.29 is 23.9 Å². The molecule has 1 unspecified atom stereocenters. The second-order valence-corrected chi connectivity index (χ2v) is 12.0. The Bertz CT molecular complexity index is 1170. The summed E-state index contributed by atoms with van der Waals surface area (Å²) in [5.74, 6) is -0.484. The lowest BCUT2D eigenvalue weighted by Crippen LogP contribution is -2.30. The van der Waals surface area contributed by atoms with E-state index in [0.29, 0.717) is 59.8 Å². The van der Waals surface area contributed by atoms with Crippen molar-refractivity contribution in [3.63, 3.8) is 0 Å². The standard InChI is InChI=1S/C29H36N2O5S/c1-5-36-28(35)24-21-15-14-18(29(2,3)4)17-22(21)37-25(24)30-23(32)13-7-6-10-16-31-26(33)19-11-8-9-12-20(19)27(31)34/h8-9,11-12,18H,5-7,10,13-17H2,1-4H3,(H,30,32). The third kappa shape index (κ3) is 5.79. The van der Waals surface area contributed by atoms with Crippen LogP contribution >= 0.6 is 11.3 Å². The molecule has 3 amide bonds. The van der Waals surface area contributed by atoms with E-state index in [-0.39, 0.29) is 35.7 Å². The fourth-order valence-electron chi connectivity index (χ4n) is 5.20. The molecule has 8 heteroatoms. The summed E-state index contributed by atoms with van der Waals surface area (Å²) in [5, 5.41) is 3.57. The van der Waals surface area contributed by atoms with Gasteiger partial charge in [-0.25, -0.2) is 4.79 Å². The average molecular weight is 525 g/mol. The van der Waals surface area contributed by atoms with E-state index < -0.39 is 0 Å². The Hall–Kier alpha value is -3.00. The number of amides is 3. The number of hydrogen-bond donors (Lipinski definition) is 1. The summed E-state index contributed by atoms with van der Waals surface area (Å²) in [5.41, 5.74) is 2.64. The maximum absolute atomic E-state index is 12.8. The van der Waals surface area contributed by atoms with Crippen molar-refractivity contribution in [1.29, 1.82) is 0 Å². The lowest BCUT2D eigenvalue weighted by molar-refractivity contribution is -0.116. The Morgan fingerprint density at radius 3 is 2.38 bits per heavy atom. The number of carbonyl (C=O) groups excluding carboxylic acids is 4. The van der Waals surface area contributed by atoms with E-state index in [1.54, 1.807) is 31.2 Å². The van der Waals surface area contributed by atoms with Crippen molar-refractivity contribution in [2.45, 2.75) is 72.6 Å². The molecular weight excluding hydrogens is 488 g/mol. The van der Waals surface area contributed by atoms with Crippen LogP contribution in [-0.4, -0.2) is 41.7 Å². The molecule has 198 valence electrons. The van der Waals surface area contributed by atoms with Crippen molar-refractivity contribution in [3.05, 3.63) is 51.4 Å². The third-order valence-corrected chi connectivity index (χ3v) is 8.56. The van der Waals surface area contributed by atoms with Crippen LogP contribution in [0.1, 0.15) is 101 Å². The van der Waals surface area contributed by atoms with Gasteiger partial charge in [-0.05, 0) is 68.1 Å². The molecule has 0 fully saturated rings. The predicted molar refractivity (Wildman–Crippen MR) is 144 cm³/mol. The van der Waals surface area contributed by atoms with E-state index >= 15 is 0 Å². The zero-order valence-corrected chi connectivity index (χ0v) is 23.0. The normalized spacial score (nSPS) is 17.0. The van der Waals surface area contributed by atoms with Gasteiger partial charge in [-0.2, -0.15) is 0 Å². The summed E-state index contributed by atoms with van der Waals surface area (Å²) in [4.78, 5) is 53.0. The van der Waals surface area contributed by atoms with Crippen LogP contribution in [0.4, 0.5) is 5.00 Å². The highest BCUT2D eigenvalue weighted by Gasteiger charge is 2.35. The van der Waals surface area contributed by atoms with Gasteiger partial charge in [-0.15, -0.1) is 11.3 Å². The monoisotopic (exact) mass is 524 g/mol. The van der Waals surface area contributed by atoms with Crippen LogP contribution in [0.25, 0.3) is 0 Å². The Balaban J connectivity index is 1.31. The molecule has 1 aliphatic carbocycles. The van der Waals surface area contributed by atoms with E-state index in [1.165, 1.54) is 21.1 Å². The number of fused-ring (bicyclic) bond motifs is 2. The number of imide groups is 1. The molecular formula is C29H36N2O5S. The number of rotatable bonds is 9. The van der Waals surface area contributed by atoms with Crippen molar-refractivity contribution in [2.24, 2.45) is 11.3 Å². The molecule has 1 N–H and O–H groups in total. The van der Waals surface area contributed by atoms with Gasteiger partial charge in [0.1, 0.15) is 5.00 Å². The summed E-state index contributed by atoms with van der Waals surface area (Å²) in [7, 11) is 0. The first-order valence-corrected chi connectivity index (χ1v) is 14.0. The first-order valence-electron chi connectivity index (χ1n) is 13.2. The maximum Gasteiger partial charge on any atom is 0.341 e. The number of carbonyl (C=O) groups is 4. The van der Waals surface area contributed by atoms with Crippen molar-refractivity contribution >= 4 is 40.0 Å². The van der Waals surface area contributed by atoms with Gasteiger partial charge >= 0.3 is 5.97 Å². The summed E-state index contributed by atoms with van der Waals surface area (Å²) >= 11 is 1.50. The van der Waals surface area contributed by atoms with Crippen molar-refractivity contribution in [3.8, 4) is 0 Å². The fourth-order valence-corrected chi connectivity index (χ4v) is 6.53. The molecule has 1 aromatic carbocycles. The number of nitrogens with one attached hydrogen (secondary N) is 1. The highest BCUT2D eigenvalue weighted by atomic mass is 32.1. The lowest BCUT2D eigenvalue weighted by atomic mass is 9.72. The van der Waals surface area contributed by atoms with E-state index in [1.807, 2.05) is 0 Å². The zero-order valence-electron chi connectivity index (χ0n) is 22.1. The van der Waals surface area contributed by atoms with Crippen molar-refractivity contribution in [2.75, 3.05) is 18.5 Å². The number of ether oxygens (including phenoxy) is 1. The SMILES string of the molecule is CCOC(=O)c1c(NC(=O)CCCCCN2C(=O)c3ccccc3C2=O)sc2c1CCC(C(C)(C)C)C2. The average Bonchev–Trinajstić information content (AvgIpc) is 3.33. The molecule has 37 heavy (non-hydrogen) atoms. The smallest absolute Gasteiger partial charge is 0.341 e. The molecule has 1 aliphatic heterocycles. The van der Waals surface area contributed by atoms with Crippen molar-refractivity contribution in [1.82, 2.24) is 4.90 Å². The second kappa shape index (κ2) is 11.2. The zero-order chi connectivity index (χ0) is 26.7. The third-order valence-electron chi connectivity index (χ3n) is 7.39. The van der Waals surface area contributed by atoms with Crippen LogP contribution < -0.4 is 5.32 Å². The summed E-state index contributed by atoms with van der Waals surface area (Å²) < 4.78 is 5.33. The van der Waals surface area contributed by atoms with E-state index in [0.717, 1.165) is 24.8 Å². The van der Waals surface area contributed by atoms with E-state index in [9.17, 15) is 19.2 Å². The highest BCUT2D eigenvalue weighted by molar-refractivity contribution is 7.17. The van der Waals surface area contributed by atoms with Crippen LogP contribution in [0.2, 0.25) is 0 Å². The number of nitrogens with zero attached hydrogens (tertiary/aromatic N) is 1. The Labute approximate surface area is 222 Å². The summed E-state index contributed by atoms with van der Waals surface area (Å²) in [6, 6.07) is 6.87. The molecule has 2 aromatic rings. The molecule has 0 spiro atoms. The number of anilines is 1. The van der Waals surface area contributed by atoms with Gasteiger partial charge in [0.25, 0.3) is 11.8 Å². The Kier molecular flexibility index (Phi) is 8.17. The minimum absolute atomic E-state index is 0.141.